The van der Waals surface area contributed by atoms with Crippen LogP contribution in [-0.2, 0) is 14.8 Å². The molecule has 0 radical (unpaired) electrons. The summed E-state index contributed by atoms with van der Waals surface area (Å²) >= 11 is 0. The van der Waals surface area contributed by atoms with Gasteiger partial charge in [-0.15, -0.1) is 0 Å². The molecule has 29 heavy (non-hydrogen) atoms. The molecule has 1 saturated carbocycles. The Hall–Kier alpha value is -2.59. The highest BCUT2D eigenvalue weighted by Gasteiger charge is 2.28. The standard InChI is InChI=1S/C19H23FN4O4S/c1-12-9-16(23-13(2)25)5-8-18(12)29(26,27)24-15-3-6-17(7-4-15)28-19-21-10-14(20)11-22-19/h5,8-11,15,17,24H,3-4,6-7H2,1-2H3,(H,23,25). The number of rotatable bonds is 6. The van der Waals surface area contributed by atoms with E-state index in [2.05, 4.69) is 20.0 Å². The van der Waals surface area contributed by atoms with Gasteiger partial charge in [0, 0.05) is 18.7 Å². The van der Waals surface area contributed by atoms with Crippen LogP contribution in [0.15, 0.2) is 35.5 Å². The van der Waals surface area contributed by atoms with Crippen molar-refractivity contribution in [2.75, 3.05) is 5.32 Å². The molecule has 0 spiro atoms. The Bertz CT molecular complexity index is 974. The number of amides is 1. The Labute approximate surface area is 169 Å². The second kappa shape index (κ2) is 8.83. The number of halogens is 1. The summed E-state index contributed by atoms with van der Waals surface area (Å²) in [4.78, 5) is 18.9. The highest BCUT2D eigenvalue weighted by atomic mass is 32.2. The van der Waals surface area contributed by atoms with Crippen LogP contribution in [0.25, 0.3) is 0 Å². The molecule has 2 aromatic rings. The molecule has 1 aromatic carbocycles. The topological polar surface area (TPSA) is 110 Å². The third-order valence-electron chi connectivity index (χ3n) is 4.65. The van der Waals surface area contributed by atoms with Crippen molar-refractivity contribution in [2.24, 2.45) is 0 Å². The van der Waals surface area contributed by atoms with Gasteiger partial charge in [-0.3, -0.25) is 4.79 Å². The van der Waals surface area contributed by atoms with Gasteiger partial charge in [0.15, 0.2) is 5.82 Å². The monoisotopic (exact) mass is 422 g/mol. The maximum Gasteiger partial charge on any atom is 0.316 e. The summed E-state index contributed by atoms with van der Waals surface area (Å²) in [5.41, 5.74) is 1.10. The van der Waals surface area contributed by atoms with E-state index in [1.807, 2.05) is 0 Å². The molecule has 1 fully saturated rings. The van der Waals surface area contributed by atoms with Crippen LogP contribution in [-0.4, -0.2) is 36.4 Å². The number of nitrogens with zero attached hydrogens (tertiary/aromatic N) is 2. The second-order valence-electron chi connectivity index (χ2n) is 7.06. The molecule has 1 amide bonds. The van der Waals surface area contributed by atoms with Crippen LogP contribution in [0.4, 0.5) is 10.1 Å². The van der Waals surface area contributed by atoms with Crippen molar-refractivity contribution in [2.45, 2.75) is 56.6 Å². The lowest BCUT2D eigenvalue weighted by Gasteiger charge is -2.28. The zero-order valence-corrected chi connectivity index (χ0v) is 17.0. The molecule has 0 unspecified atom stereocenters. The predicted octanol–water partition coefficient (Wildman–Crippen LogP) is 2.55. The second-order valence-corrected chi connectivity index (χ2v) is 8.74. The first-order valence-corrected chi connectivity index (χ1v) is 10.8. The van der Waals surface area contributed by atoms with Gasteiger partial charge in [-0.1, -0.05) is 0 Å². The fourth-order valence-electron chi connectivity index (χ4n) is 3.32. The van der Waals surface area contributed by atoms with Crippen LogP contribution in [0.3, 0.4) is 0 Å². The minimum absolute atomic E-state index is 0.116. The Morgan fingerprint density at radius 3 is 2.41 bits per heavy atom. The third kappa shape index (κ3) is 5.70. The quantitative estimate of drug-likeness (QED) is 0.740. The van der Waals surface area contributed by atoms with Crippen molar-refractivity contribution in [1.29, 1.82) is 0 Å². The van der Waals surface area contributed by atoms with Gasteiger partial charge >= 0.3 is 6.01 Å². The molecule has 1 aliphatic rings. The third-order valence-corrected chi connectivity index (χ3v) is 6.33. The van der Waals surface area contributed by atoms with Crippen LogP contribution in [0, 0.1) is 12.7 Å². The lowest BCUT2D eigenvalue weighted by molar-refractivity contribution is -0.114. The normalized spacial score (nSPS) is 19.6. The number of hydrogen-bond donors (Lipinski definition) is 2. The summed E-state index contributed by atoms with van der Waals surface area (Å²) < 4.78 is 46.8. The Morgan fingerprint density at radius 1 is 1.17 bits per heavy atom. The molecule has 10 heteroatoms. The van der Waals surface area contributed by atoms with Crippen molar-refractivity contribution in [1.82, 2.24) is 14.7 Å². The van der Waals surface area contributed by atoms with Gasteiger partial charge in [0.25, 0.3) is 0 Å². The molecule has 0 bridgehead atoms. The molecule has 2 N–H and O–H groups in total. The van der Waals surface area contributed by atoms with Gasteiger partial charge in [-0.2, -0.15) is 0 Å². The van der Waals surface area contributed by atoms with Crippen LogP contribution in [0.5, 0.6) is 6.01 Å². The van der Waals surface area contributed by atoms with Crippen LogP contribution in [0.1, 0.15) is 38.2 Å². The summed E-state index contributed by atoms with van der Waals surface area (Å²) in [6, 6.07) is 4.59. The summed E-state index contributed by atoms with van der Waals surface area (Å²) in [6.07, 6.45) is 4.42. The number of ether oxygens (including phenoxy) is 1. The molecule has 1 aromatic heterocycles. The van der Waals surface area contributed by atoms with Crippen LogP contribution < -0.4 is 14.8 Å². The number of benzene rings is 1. The molecule has 0 saturated heterocycles. The van der Waals surface area contributed by atoms with E-state index in [0.717, 1.165) is 12.4 Å². The van der Waals surface area contributed by atoms with Crippen molar-refractivity contribution in [3.05, 3.63) is 42.0 Å². The highest BCUT2D eigenvalue weighted by Crippen LogP contribution is 2.25. The molecular weight excluding hydrogens is 399 g/mol. The molecule has 0 aliphatic heterocycles. The van der Waals surface area contributed by atoms with Gasteiger partial charge in [-0.25, -0.2) is 27.5 Å². The largest absolute Gasteiger partial charge is 0.460 e. The number of carbonyl (C=O) groups excluding carboxylic acids is 1. The number of anilines is 1. The first-order valence-electron chi connectivity index (χ1n) is 9.28. The lowest BCUT2D eigenvalue weighted by Crippen LogP contribution is -2.40. The summed E-state index contributed by atoms with van der Waals surface area (Å²) in [7, 11) is -3.69. The maximum absolute atomic E-state index is 12.9. The number of aromatic nitrogens is 2. The first-order chi connectivity index (χ1) is 13.7. The molecule has 3 rings (SSSR count). The van der Waals surface area contributed by atoms with Crippen LogP contribution >= 0.6 is 0 Å². The predicted molar refractivity (Wildman–Crippen MR) is 104 cm³/mol. The number of carbonyl (C=O) groups is 1. The van der Waals surface area contributed by atoms with Crippen molar-refractivity contribution in [3.8, 4) is 6.01 Å². The van der Waals surface area contributed by atoms with E-state index in [4.69, 9.17) is 4.74 Å². The van der Waals surface area contributed by atoms with Gasteiger partial charge in [0.05, 0.1) is 17.3 Å². The fraction of sp³-hybridized carbons (Fsp3) is 0.421. The number of hydrogen-bond acceptors (Lipinski definition) is 6. The first kappa shape index (κ1) is 21.1. The molecule has 1 heterocycles. The zero-order valence-electron chi connectivity index (χ0n) is 16.2. The molecule has 1 aliphatic carbocycles. The Kier molecular flexibility index (Phi) is 6.43. The van der Waals surface area contributed by atoms with E-state index < -0.39 is 15.8 Å². The number of nitrogens with one attached hydrogen (secondary N) is 2. The van der Waals surface area contributed by atoms with Crippen molar-refractivity contribution in [3.63, 3.8) is 0 Å². The van der Waals surface area contributed by atoms with E-state index >= 15 is 0 Å². The number of aryl methyl sites for hydroxylation is 1. The lowest BCUT2D eigenvalue weighted by atomic mass is 9.94. The highest BCUT2D eigenvalue weighted by molar-refractivity contribution is 7.89. The Morgan fingerprint density at radius 2 is 1.83 bits per heavy atom. The molecule has 0 atom stereocenters. The van der Waals surface area contributed by atoms with Gasteiger partial charge < -0.3 is 10.1 Å². The van der Waals surface area contributed by atoms with Crippen LogP contribution in [0.2, 0.25) is 0 Å². The van der Waals surface area contributed by atoms with E-state index in [1.165, 1.54) is 13.0 Å². The van der Waals surface area contributed by atoms with E-state index in [-0.39, 0.29) is 29.0 Å². The summed E-state index contributed by atoms with van der Waals surface area (Å²) in [5, 5.41) is 2.63. The molecule has 8 nitrogen and oxygen atoms in total. The van der Waals surface area contributed by atoms with E-state index in [0.29, 0.717) is 36.9 Å². The van der Waals surface area contributed by atoms with Gasteiger partial charge in [0.1, 0.15) is 6.10 Å². The smallest absolute Gasteiger partial charge is 0.316 e. The van der Waals surface area contributed by atoms with Crippen molar-refractivity contribution < 1.29 is 22.3 Å². The maximum atomic E-state index is 12.9. The summed E-state index contributed by atoms with van der Waals surface area (Å²) in [6.45, 7) is 3.08. The van der Waals surface area contributed by atoms with Gasteiger partial charge in [-0.05, 0) is 56.4 Å². The number of sulfonamides is 1. The average Bonchev–Trinajstić information content (AvgIpc) is 2.64. The minimum Gasteiger partial charge on any atom is -0.460 e. The van der Waals surface area contributed by atoms with Gasteiger partial charge in [0.2, 0.25) is 15.9 Å². The van der Waals surface area contributed by atoms with Crippen molar-refractivity contribution >= 4 is 21.6 Å². The summed E-state index contributed by atoms with van der Waals surface area (Å²) in [5.74, 6) is -0.751. The minimum atomic E-state index is -3.69. The van der Waals surface area contributed by atoms with E-state index in [9.17, 15) is 17.6 Å². The molecular formula is C19H23FN4O4S. The Balaban J connectivity index is 1.57. The van der Waals surface area contributed by atoms with E-state index in [1.54, 1.807) is 19.1 Å². The zero-order chi connectivity index (χ0) is 21.0. The average molecular weight is 422 g/mol. The SMILES string of the molecule is CC(=O)Nc1ccc(S(=O)(=O)NC2CCC(Oc3ncc(F)cn3)CC2)c(C)c1. The molecule has 156 valence electrons. The fourth-order valence-corrected chi connectivity index (χ4v) is 4.86.